The lowest BCUT2D eigenvalue weighted by Gasteiger charge is -2.30. The van der Waals surface area contributed by atoms with Gasteiger partial charge >= 0.3 is 5.69 Å². The van der Waals surface area contributed by atoms with E-state index in [9.17, 15) is 14.9 Å². The predicted molar refractivity (Wildman–Crippen MR) is 69.9 cm³/mol. The number of nitrogens with one attached hydrogen (secondary N) is 1. The number of aromatic nitrogens is 1. The maximum absolute atomic E-state index is 11.4. The lowest BCUT2D eigenvalue weighted by molar-refractivity contribution is -0.384. The normalized spacial score (nSPS) is 19.4. The molecular formula is C12H16N4O3. The Bertz CT molecular complexity index is 518. The number of amides is 1. The van der Waals surface area contributed by atoms with Gasteiger partial charge < -0.3 is 10.2 Å². The molecular weight excluding hydrogens is 248 g/mol. The van der Waals surface area contributed by atoms with Crippen LogP contribution in [0.1, 0.15) is 18.4 Å². The highest BCUT2D eigenvalue weighted by molar-refractivity contribution is 5.77. The van der Waals surface area contributed by atoms with Crippen molar-refractivity contribution in [1.82, 2.24) is 9.88 Å². The number of hydrogen-bond donors (Lipinski definition) is 1. The van der Waals surface area contributed by atoms with Gasteiger partial charge in [-0.25, -0.2) is 4.98 Å². The molecule has 1 N–H and O–H groups in total. The van der Waals surface area contributed by atoms with Gasteiger partial charge in [0, 0.05) is 38.3 Å². The van der Waals surface area contributed by atoms with E-state index in [0.29, 0.717) is 19.4 Å². The highest BCUT2D eigenvalue weighted by Gasteiger charge is 2.25. The van der Waals surface area contributed by atoms with Gasteiger partial charge in [-0.2, -0.15) is 0 Å². The number of likely N-dealkylation sites (tertiary alicyclic amines) is 1. The summed E-state index contributed by atoms with van der Waals surface area (Å²) in [5, 5.41) is 14.1. The molecule has 1 aliphatic heterocycles. The molecule has 0 spiro atoms. The second-order valence-corrected chi connectivity index (χ2v) is 4.79. The molecule has 1 aromatic rings. The average molecular weight is 264 g/mol. The number of piperidine rings is 1. The van der Waals surface area contributed by atoms with Crippen molar-refractivity contribution in [3.8, 4) is 0 Å². The van der Waals surface area contributed by atoms with Crippen LogP contribution in [0.4, 0.5) is 11.5 Å². The highest BCUT2D eigenvalue weighted by Crippen LogP contribution is 2.24. The fourth-order valence-corrected chi connectivity index (χ4v) is 2.13. The van der Waals surface area contributed by atoms with E-state index in [0.717, 1.165) is 5.56 Å². The molecule has 0 radical (unpaired) electrons. The van der Waals surface area contributed by atoms with Gasteiger partial charge in [0.2, 0.25) is 11.7 Å². The van der Waals surface area contributed by atoms with E-state index < -0.39 is 4.92 Å². The number of carbonyl (C=O) groups is 1. The first-order valence-corrected chi connectivity index (χ1v) is 6.09. The van der Waals surface area contributed by atoms with Crippen LogP contribution in [0.3, 0.4) is 0 Å². The number of likely N-dealkylation sites (N-methyl/N-ethyl adjacent to an activating group) is 1. The van der Waals surface area contributed by atoms with Crippen molar-refractivity contribution in [2.45, 2.75) is 25.8 Å². The van der Waals surface area contributed by atoms with Gasteiger partial charge in [0.15, 0.2) is 0 Å². The molecule has 7 nitrogen and oxygen atoms in total. The first-order valence-electron chi connectivity index (χ1n) is 6.09. The smallest absolute Gasteiger partial charge is 0.311 e. The van der Waals surface area contributed by atoms with E-state index >= 15 is 0 Å². The van der Waals surface area contributed by atoms with Crippen molar-refractivity contribution in [3.05, 3.63) is 27.9 Å². The summed E-state index contributed by atoms with van der Waals surface area (Å²) in [5.74, 6) is 0.368. The summed E-state index contributed by atoms with van der Waals surface area (Å²) < 4.78 is 0. The van der Waals surface area contributed by atoms with Gasteiger partial charge in [0.05, 0.1) is 4.92 Å². The molecule has 1 amide bonds. The molecule has 1 fully saturated rings. The zero-order chi connectivity index (χ0) is 14.0. The number of anilines is 1. The summed E-state index contributed by atoms with van der Waals surface area (Å²) in [5.41, 5.74) is 0.716. The SMILES string of the molecule is Cc1cnc(NC2CCC(=O)N(C)C2)c([N+](=O)[O-])c1. The number of nitro groups is 1. The van der Waals surface area contributed by atoms with Crippen molar-refractivity contribution < 1.29 is 9.72 Å². The molecule has 102 valence electrons. The Morgan fingerprint density at radius 2 is 2.32 bits per heavy atom. The van der Waals surface area contributed by atoms with Crippen LogP contribution >= 0.6 is 0 Å². The largest absolute Gasteiger partial charge is 0.360 e. The van der Waals surface area contributed by atoms with Gasteiger partial charge in [0.1, 0.15) is 0 Å². The summed E-state index contributed by atoms with van der Waals surface area (Å²) in [7, 11) is 1.73. The number of aryl methyl sites for hydroxylation is 1. The number of hydrogen-bond acceptors (Lipinski definition) is 5. The van der Waals surface area contributed by atoms with Crippen molar-refractivity contribution in [1.29, 1.82) is 0 Å². The third-order valence-electron chi connectivity index (χ3n) is 3.17. The van der Waals surface area contributed by atoms with E-state index in [1.165, 1.54) is 6.07 Å². The lowest BCUT2D eigenvalue weighted by atomic mass is 10.1. The molecule has 0 aromatic carbocycles. The number of pyridine rings is 1. The lowest BCUT2D eigenvalue weighted by Crippen LogP contribution is -2.43. The molecule has 0 bridgehead atoms. The standard InChI is InChI=1S/C12H16N4O3/c1-8-5-10(16(18)19)12(13-6-8)14-9-3-4-11(17)15(2)7-9/h5-6,9H,3-4,7H2,1-2H3,(H,13,14). The van der Waals surface area contributed by atoms with Crippen LogP contribution in [0.25, 0.3) is 0 Å². The van der Waals surface area contributed by atoms with Crippen LogP contribution in [0.5, 0.6) is 0 Å². The second-order valence-electron chi connectivity index (χ2n) is 4.79. The van der Waals surface area contributed by atoms with Crippen molar-refractivity contribution in [2.75, 3.05) is 18.9 Å². The molecule has 1 unspecified atom stereocenters. The van der Waals surface area contributed by atoms with Gasteiger partial charge in [-0.05, 0) is 18.9 Å². The molecule has 19 heavy (non-hydrogen) atoms. The Kier molecular flexibility index (Phi) is 3.64. The minimum absolute atomic E-state index is 0.00314. The second kappa shape index (κ2) is 5.21. The monoisotopic (exact) mass is 264 g/mol. The fraction of sp³-hybridized carbons (Fsp3) is 0.500. The zero-order valence-corrected chi connectivity index (χ0v) is 10.9. The van der Waals surface area contributed by atoms with E-state index in [1.807, 2.05) is 0 Å². The number of rotatable bonds is 3. The summed E-state index contributed by atoms with van der Waals surface area (Å²) in [6.45, 7) is 2.29. The van der Waals surface area contributed by atoms with Gasteiger partial charge in [-0.15, -0.1) is 0 Å². The van der Waals surface area contributed by atoms with Crippen LogP contribution in [-0.4, -0.2) is 40.3 Å². The number of carbonyl (C=O) groups excluding carboxylic acids is 1. The fourth-order valence-electron chi connectivity index (χ4n) is 2.13. The third-order valence-corrected chi connectivity index (χ3v) is 3.17. The van der Waals surface area contributed by atoms with Crippen molar-refractivity contribution >= 4 is 17.4 Å². The maximum Gasteiger partial charge on any atom is 0.311 e. The molecule has 1 aliphatic rings. The Balaban J connectivity index is 2.15. The predicted octanol–water partition coefficient (Wildman–Crippen LogP) is 1.33. The van der Waals surface area contributed by atoms with Gasteiger partial charge in [0.25, 0.3) is 0 Å². The molecule has 2 rings (SSSR count). The quantitative estimate of drug-likeness (QED) is 0.657. The molecule has 0 saturated carbocycles. The zero-order valence-electron chi connectivity index (χ0n) is 10.9. The van der Waals surface area contributed by atoms with Crippen LogP contribution < -0.4 is 5.32 Å². The van der Waals surface area contributed by atoms with Crippen LogP contribution in [0.2, 0.25) is 0 Å². The molecule has 1 saturated heterocycles. The van der Waals surface area contributed by atoms with Gasteiger partial charge in [-0.1, -0.05) is 0 Å². The summed E-state index contributed by atoms with van der Waals surface area (Å²) >= 11 is 0. The molecule has 1 atom stereocenters. The van der Waals surface area contributed by atoms with Gasteiger partial charge in [-0.3, -0.25) is 14.9 Å². The van der Waals surface area contributed by atoms with Crippen LogP contribution in [0, 0.1) is 17.0 Å². The summed E-state index contributed by atoms with van der Waals surface area (Å²) in [6, 6.07) is 1.49. The van der Waals surface area contributed by atoms with E-state index in [-0.39, 0.29) is 23.5 Å². The van der Waals surface area contributed by atoms with E-state index in [4.69, 9.17) is 0 Å². The summed E-state index contributed by atoms with van der Waals surface area (Å²) in [6.07, 6.45) is 2.71. The molecule has 2 heterocycles. The molecule has 7 heteroatoms. The first kappa shape index (κ1) is 13.3. The maximum atomic E-state index is 11.4. The van der Waals surface area contributed by atoms with Crippen molar-refractivity contribution in [2.24, 2.45) is 0 Å². The van der Waals surface area contributed by atoms with E-state index in [2.05, 4.69) is 10.3 Å². The van der Waals surface area contributed by atoms with Crippen LogP contribution in [0.15, 0.2) is 12.3 Å². The summed E-state index contributed by atoms with van der Waals surface area (Å²) in [4.78, 5) is 27.6. The Morgan fingerprint density at radius 1 is 1.58 bits per heavy atom. The Morgan fingerprint density at radius 3 is 2.95 bits per heavy atom. The highest BCUT2D eigenvalue weighted by atomic mass is 16.6. The number of nitrogens with zero attached hydrogens (tertiary/aromatic N) is 3. The first-order chi connectivity index (χ1) is 8.97. The Hall–Kier alpha value is -2.18. The minimum Gasteiger partial charge on any atom is -0.360 e. The van der Waals surface area contributed by atoms with Crippen LogP contribution in [-0.2, 0) is 4.79 Å². The van der Waals surface area contributed by atoms with E-state index in [1.54, 1.807) is 25.1 Å². The molecule has 0 aliphatic carbocycles. The minimum atomic E-state index is -0.444. The van der Waals surface area contributed by atoms with Crippen molar-refractivity contribution in [3.63, 3.8) is 0 Å². The average Bonchev–Trinajstić information content (AvgIpc) is 2.36. The Labute approximate surface area is 110 Å². The third kappa shape index (κ3) is 2.98. The molecule has 1 aromatic heterocycles. The topological polar surface area (TPSA) is 88.4 Å².